The fraction of sp³-hybridized carbons (Fsp3) is 0.615. The van der Waals surface area contributed by atoms with Gasteiger partial charge in [0.05, 0.1) is 19.5 Å². The number of aromatic nitrogens is 4. The van der Waals surface area contributed by atoms with Gasteiger partial charge in [0.15, 0.2) is 23.5 Å². The predicted octanol–water partition coefficient (Wildman–Crippen LogP) is -0.282. The van der Waals surface area contributed by atoms with E-state index in [4.69, 9.17) is 19.7 Å². The average molecular weight is 390 g/mol. The van der Waals surface area contributed by atoms with Crippen LogP contribution in [0.2, 0.25) is 0 Å². The average Bonchev–Trinajstić information content (AvgIpc) is 3.15. The van der Waals surface area contributed by atoms with E-state index < -0.39 is 38.3 Å². The highest BCUT2D eigenvalue weighted by molar-refractivity contribution is 7.54. The molecule has 0 amide bonds. The van der Waals surface area contributed by atoms with Crippen LogP contribution in [0.4, 0.5) is 5.95 Å². The normalized spacial score (nSPS) is 26.7. The minimum atomic E-state index is -4.02. The summed E-state index contributed by atoms with van der Waals surface area (Å²) >= 11 is 0. The number of anilines is 1. The van der Waals surface area contributed by atoms with Crippen molar-refractivity contribution in [3.05, 3.63) is 16.7 Å². The zero-order chi connectivity index (χ0) is 19.1. The molecule has 1 aliphatic heterocycles. The Morgan fingerprint density at radius 2 is 2.15 bits per heavy atom. The molecular weight excluding hydrogens is 369 g/mol. The summed E-state index contributed by atoms with van der Waals surface area (Å²) in [5.41, 5.74) is 5.45. The van der Waals surface area contributed by atoms with Crippen LogP contribution < -0.4 is 11.3 Å². The minimum Gasteiger partial charge on any atom is -0.374 e. The highest BCUT2D eigenvalue weighted by atomic mass is 31.2. The number of ether oxygens (including phenoxy) is 2. The largest absolute Gasteiger partial charge is 0.570 e. The van der Waals surface area contributed by atoms with E-state index in [0.717, 1.165) is 7.11 Å². The highest BCUT2D eigenvalue weighted by Gasteiger charge is 2.54. The van der Waals surface area contributed by atoms with Gasteiger partial charge in [0.25, 0.3) is 5.56 Å². The third kappa shape index (κ3) is 3.32. The van der Waals surface area contributed by atoms with Gasteiger partial charge in [-0.3, -0.25) is 14.3 Å². The first-order chi connectivity index (χ1) is 12.3. The second-order valence-corrected chi connectivity index (χ2v) is 7.25. The zero-order valence-corrected chi connectivity index (χ0v) is 15.3. The van der Waals surface area contributed by atoms with E-state index in [0.29, 0.717) is 6.42 Å². The van der Waals surface area contributed by atoms with Gasteiger partial charge in [-0.2, -0.15) is 19.3 Å². The quantitative estimate of drug-likeness (QED) is 0.482. The van der Waals surface area contributed by atoms with Gasteiger partial charge in [-0.05, 0) is 6.42 Å². The molecule has 3 rings (SSSR count). The lowest BCUT2D eigenvalue weighted by Crippen LogP contribution is -2.36. The number of rotatable bonds is 6. The number of hydrogen-bond acceptors (Lipinski definition) is 10. The number of nitrogen functional groups attached to an aromatic ring is 1. The van der Waals surface area contributed by atoms with E-state index in [1.54, 1.807) is 0 Å². The molecule has 0 aliphatic carbocycles. The van der Waals surface area contributed by atoms with Gasteiger partial charge in [0.1, 0.15) is 6.10 Å². The molecule has 4 atom stereocenters. The molecule has 2 aromatic rings. The molecule has 0 aromatic carbocycles. The SMILES string of the molecule is CC[C@H]1O[C@@H](n2cnc3c(=O)[nH]c(N)nc32)C(OC)C1O[P+](O)(O)OC. The van der Waals surface area contributed by atoms with Crippen LogP contribution in [0, 0.1) is 0 Å². The number of nitrogens with zero attached hydrogens (tertiary/aromatic N) is 3. The Morgan fingerprint density at radius 3 is 2.77 bits per heavy atom. The third-order valence-electron chi connectivity index (χ3n) is 4.18. The first kappa shape index (κ1) is 19.1. The first-order valence-electron chi connectivity index (χ1n) is 7.80. The molecular formula is C13H21N5O7P+. The molecule has 2 unspecified atom stereocenters. The van der Waals surface area contributed by atoms with E-state index >= 15 is 0 Å². The van der Waals surface area contributed by atoms with Gasteiger partial charge >= 0.3 is 8.17 Å². The molecule has 3 heterocycles. The molecule has 0 bridgehead atoms. The fourth-order valence-electron chi connectivity index (χ4n) is 2.97. The van der Waals surface area contributed by atoms with Gasteiger partial charge in [-0.15, -0.1) is 4.52 Å². The molecule has 0 spiro atoms. The summed E-state index contributed by atoms with van der Waals surface area (Å²) in [7, 11) is -1.45. The standard InChI is InChI=1S/C13H20N5O7P/c1-4-6-8(25-26(20,21)23-3)9(22-2)12(24-6)18-5-15-7-10(18)16-13(14)17-11(7)19/h5-6,8-9,12,20-21H,4H2,1-3H3,(H2-,14,16,17,19)/p+1/t6-,8?,9?,12-/m1/s1. The number of imidazole rings is 1. The molecule has 144 valence electrons. The second kappa shape index (κ2) is 7.16. The minimum absolute atomic E-state index is 0.0638. The van der Waals surface area contributed by atoms with E-state index in [1.165, 1.54) is 18.0 Å². The van der Waals surface area contributed by atoms with Gasteiger partial charge in [0, 0.05) is 7.11 Å². The number of methoxy groups -OCH3 is 1. The number of aromatic amines is 1. The summed E-state index contributed by atoms with van der Waals surface area (Å²) < 4.78 is 22.9. The van der Waals surface area contributed by atoms with Crippen LogP contribution in [0.5, 0.6) is 0 Å². The van der Waals surface area contributed by atoms with Gasteiger partial charge in [-0.1, -0.05) is 6.92 Å². The number of nitrogens with two attached hydrogens (primary N) is 1. The Bertz CT molecular complexity index is 840. The van der Waals surface area contributed by atoms with E-state index in [2.05, 4.69) is 19.5 Å². The molecule has 1 saturated heterocycles. The summed E-state index contributed by atoms with van der Waals surface area (Å²) in [6.45, 7) is 1.85. The fourth-order valence-corrected chi connectivity index (χ4v) is 3.63. The van der Waals surface area contributed by atoms with Crippen LogP contribution in [0.3, 0.4) is 0 Å². The second-order valence-electron chi connectivity index (χ2n) is 5.69. The topological polar surface area (TPSA) is 167 Å². The van der Waals surface area contributed by atoms with Crippen molar-refractivity contribution in [2.75, 3.05) is 20.0 Å². The van der Waals surface area contributed by atoms with E-state index in [9.17, 15) is 14.6 Å². The summed E-state index contributed by atoms with van der Waals surface area (Å²) in [6.07, 6.45) is -0.966. The highest BCUT2D eigenvalue weighted by Crippen LogP contribution is 2.55. The summed E-state index contributed by atoms with van der Waals surface area (Å²) in [5, 5.41) is 0. The predicted molar refractivity (Wildman–Crippen MR) is 90.8 cm³/mol. The molecule has 1 aliphatic rings. The van der Waals surface area contributed by atoms with Crippen LogP contribution in [-0.2, 0) is 18.5 Å². The lowest BCUT2D eigenvalue weighted by molar-refractivity contribution is -0.0501. The lowest BCUT2D eigenvalue weighted by atomic mass is 10.1. The summed E-state index contributed by atoms with van der Waals surface area (Å²) in [4.78, 5) is 42.1. The maximum Gasteiger partial charge on any atom is 0.570 e. The summed E-state index contributed by atoms with van der Waals surface area (Å²) in [5.74, 6) is -0.0638. The van der Waals surface area contributed by atoms with Crippen LogP contribution in [0.25, 0.3) is 11.2 Å². The molecule has 5 N–H and O–H groups in total. The van der Waals surface area contributed by atoms with Gasteiger partial charge in [0.2, 0.25) is 5.95 Å². The van der Waals surface area contributed by atoms with E-state index in [1.807, 2.05) is 6.92 Å². The maximum atomic E-state index is 12.0. The number of nitrogens with one attached hydrogen (secondary N) is 1. The number of fused-ring (bicyclic) bond motifs is 1. The molecule has 1 fully saturated rings. The number of hydrogen-bond donors (Lipinski definition) is 4. The Morgan fingerprint density at radius 1 is 1.42 bits per heavy atom. The third-order valence-corrected chi connectivity index (χ3v) is 5.18. The van der Waals surface area contributed by atoms with Crippen LogP contribution >= 0.6 is 8.17 Å². The van der Waals surface area contributed by atoms with Crippen molar-refractivity contribution < 1.29 is 28.3 Å². The van der Waals surface area contributed by atoms with Crippen molar-refractivity contribution in [1.29, 1.82) is 0 Å². The Labute approximate surface area is 148 Å². The molecule has 2 aromatic heterocycles. The van der Waals surface area contributed by atoms with Crippen molar-refractivity contribution in [3.8, 4) is 0 Å². The number of H-pyrrole nitrogens is 1. The van der Waals surface area contributed by atoms with E-state index in [-0.39, 0.29) is 17.1 Å². The Kier molecular flexibility index (Phi) is 5.26. The van der Waals surface area contributed by atoms with Crippen LogP contribution in [-0.4, -0.2) is 61.8 Å². The molecule has 13 heteroatoms. The maximum absolute atomic E-state index is 12.0. The van der Waals surface area contributed by atoms with Crippen molar-refractivity contribution >= 4 is 25.3 Å². The molecule has 0 saturated carbocycles. The zero-order valence-electron chi connectivity index (χ0n) is 14.4. The molecule has 26 heavy (non-hydrogen) atoms. The summed E-state index contributed by atoms with van der Waals surface area (Å²) in [6, 6.07) is 0. The van der Waals surface area contributed by atoms with Crippen molar-refractivity contribution in [3.63, 3.8) is 0 Å². The van der Waals surface area contributed by atoms with Crippen molar-refractivity contribution in [1.82, 2.24) is 19.5 Å². The van der Waals surface area contributed by atoms with Crippen LogP contribution in [0.1, 0.15) is 19.6 Å². The monoisotopic (exact) mass is 390 g/mol. The van der Waals surface area contributed by atoms with Crippen LogP contribution in [0.15, 0.2) is 11.1 Å². The van der Waals surface area contributed by atoms with Gasteiger partial charge in [-0.25, -0.2) is 4.98 Å². The smallest absolute Gasteiger partial charge is 0.374 e. The molecule has 12 nitrogen and oxygen atoms in total. The first-order valence-corrected chi connectivity index (χ1v) is 9.33. The molecule has 0 radical (unpaired) electrons. The Hall–Kier alpha value is -1.66. The van der Waals surface area contributed by atoms with Crippen molar-refractivity contribution in [2.45, 2.75) is 37.9 Å². The lowest BCUT2D eigenvalue weighted by Gasteiger charge is -2.22. The Balaban J connectivity index is 2.01. The van der Waals surface area contributed by atoms with Gasteiger partial charge < -0.3 is 15.2 Å². The van der Waals surface area contributed by atoms with Crippen molar-refractivity contribution in [2.24, 2.45) is 0 Å².